The summed E-state index contributed by atoms with van der Waals surface area (Å²) < 4.78 is 1.60. The number of carbonyl (C=O) groups is 1. The molecule has 9 heteroatoms. The summed E-state index contributed by atoms with van der Waals surface area (Å²) in [5.41, 5.74) is 6.26. The molecule has 1 aromatic carbocycles. The number of aryl methyl sites for hydroxylation is 3. The van der Waals surface area contributed by atoms with Crippen molar-refractivity contribution in [3.8, 4) is 11.1 Å². The van der Waals surface area contributed by atoms with Crippen LogP contribution < -0.4 is 26.8 Å². The molecule has 3 aromatic rings. The number of aromatic nitrogens is 1. The number of rotatable bonds is 9. The first kappa shape index (κ1) is 29.5. The summed E-state index contributed by atoms with van der Waals surface area (Å²) in [4.78, 5) is 33.0. The number of pyridine rings is 1. The Morgan fingerprint density at radius 2 is 1.90 bits per heavy atom. The number of benzene rings is 1. The molecule has 0 atom stereocenters. The lowest BCUT2D eigenvalue weighted by Crippen LogP contribution is -2.24. The third-order valence-corrected chi connectivity index (χ3v) is 8.97. The van der Waals surface area contributed by atoms with Crippen LogP contribution in [0.15, 0.2) is 70.0 Å². The Labute approximate surface area is 251 Å². The average molecular weight is 585 g/mol. The second-order valence-electron chi connectivity index (χ2n) is 10.9. The van der Waals surface area contributed by atoms with Crippen molar-refractivity contribution in [3.63, 3.8) is 0 Å². The zero-order chi connectivity index (χ0) is 29.5. The molecular weight excluding hydrogens is 544 g/mol. The van der Waals surface area contributed by atoms with Crippen molar-refractivity contribution in [1.82, 2.24) is 15.2 Å². The fourth-order valence-corrected chi connectivity index (χ4v) is 6.53. The molecule has 2 aliphatic rings. The Balaban J connectivity index is 1.37. The first-order valence-corrected chi connectivity index (χ1v) is 15.6. The van der Waals surface area contributed by atoms with Crippen LogP contribution in [0.5, 0.6) is 0 Å². The van der Waals surface area contributed by atoms with E-state index in [1.807, 2.05) is 62.8 Å². The minimum atomic E-state index is -0.105. The number of allylic oxidation sites excluding steroid dienone is 3. The van der Waals surface area contributed by atoms with E-state index in [0.29, 0.717) is 5.69 Å². The van der Waals surface area contributed by atoms with Gasteiger partial charge in [-0.2, -0.15) is 0 Å². The van der Waals surface area contributed by atoms with Crippen LogP contribution >= 0.6 is 11.3 Å². The summed E-state index contributed by atoms with van der Waals surface area (Å²) >= 11 is 1.63. The number of aliphatic imine (C=N–C) groups is 1. The van der Waals surface area contributed by atoms with Crippen LogP contribution in [-0.2, 0) is 19.9 Å². The molecule has 1 aliphatic heterocycles. The molecule has 0 spiro atoms. The van der Waals surface area contributed by atoms with Crippen LogP contribution in [0.4, 0.5) is 11.4 Å². The fraction of sp³-hybridized carbons (Fsp3) is 0.364. The van der Waals surface area contributed by atoms with Gasteiger partial charge >= 0.3 is 0 Å². The zero-order valence-electron chi connectivity index (χ0n) is 24.7. The molecule has 3 heterocycles. The maximum Gasteiger partial charge on any atom is 0.273 e. The Morgan fingerprint density at radius 3 is 2.76 bits per heavy atom. The maximum absolute atomic E-state index is 13.3. The first-order valence-electron chi connectivity index (χ1n) is 14.8. The van der Waals surface area contributed by atoms with Gasteiger partial charge in [0.25, 0.3) is 11.5 Å². The summed E-state index contributed by atoms with van der Waals surface area (Å²) in [6.45, 7) is 3.62. The molecule has 0 saturated heterocycles. The lowest BCUT2D eigenvalue weighted by molar-refractivity contribution is 0.103. The van der Waals surface area contributed by atoms with Gasteiger partial charge in [0.1, 0.15) is 11.5 Å². The van der Waals surface area contributed by atoms with E-state index in [1.54, 1.807) is 23.0 Å². The maximum atomic E-state index is 13.3. The van der Waals surface area contributed by atoms with Gasteiger partial charge in [0, 0.05) is 54.4 Å². The molecule has 0 saturated carbocycles. The van der Waals surface area contributed by atoms with Crippen LogP contribution in [0.1, 0.15) is 57.8 Å². The number of hydrogen-bond acceptors (Lipinski definition) is 7. The van der Waals surface area contributed by atoms with Gasteiger partial charge in [-0.3, -0.25) is 9.59 Å². The van der Waals surface area contributed by atoms with Gasteiger partial charge in [-0.25, -0.2) is 4.99 Å². The quantitative estimate of drug-likeness (QED) is 0.190. The molecule has 4 N–H and O–H groups in total. The highest BCUT2D eigenvalue weighted by Gasteiger charge is 2.18. The summed E-state index contributed by atoms with van der Waals surface area (Å²) in [6.07, 6.45) is 15.0. The van der Waals surface area contributed by atoms with E-state index < -0.39 is 0 Å². The molecule has 1 aliphatic carbocycles. The van der Waals surface area contributed by atoms with Gasteiger partial charge in [0.2, 0.25) is 0 Å². The van der Waals surface area contributed by atoms with Crippen LogP contribution in [-0.4, -0.2) is 36.8 Å². The fourth-order valence-electron chi connectivity index (χ4n) is 5.38. The summed E-state index contributed by atoms with van der Waals surface area (Å²) in [6, 6.07) is 9.89. The molecule has 0 unspecified atom stereocenters. The van der Waals surface area contributed by atoms with E-state index in [2.05, 4.69) is 32.3 Å². The number of hydrogen-bond donors (Lipinski definition) is 4. The van der Waals surface area contributed by atoms with E-state index in [1.165, 1.54) is 29.7 Å². The third kappa shape index (κ3) is 7.09. The van der Waals surface area contributed by atoms with Crippen LogP contribution in [0.2, 0.25) is 0 Å². The van der Waals surface area contributed by atoms with Gasteiger partial charge in [-0.1, -0.05) is 18.6 Å². The van der Waals surface area contributed by atoms with E-state index in [0.717, 1.165) is 77.5 Å². The summed E-state index contributed by atoms with van der Waals surface area (Å²) in [5.74, 6) is 0.724. The van der Waals surface area contributed by atoms with Gasteiger partial charge in [-0.15, -0.1) is 11.3 Å². The molecule has 8 nitrogen and oxygen atoms in total. The van der Waals surface area contributed by atoms with Crippen LogP contribution in [0.25, 0.3) is 11.1 Å². The highest BCUT2D eigenvalue weighted by molar-refractivity contribution is 7.14. The van der Waals surface area contributed by atoms with Crippen LogP contribution in [0, 0.1) is 6.92 Å². The van der Waals surface area contributed by atoms with Gasteiger partial charge in [0.05, 0.1) is 4.88 Å². The Morgan fingerprint density at radius 1 is 1.05 bits per heavy atom. The molecule has 0 bridgehead atoms. The van der Waals surface area contributed by atoms with Crippen molar-refractivity contribution in [2.24, 2.45) is 12.0 Å². The number of likely N-dealkylation sites (N-methyl/N-ethyl adjacent to an activating group) is 1. The lowest BCUT2D eigenvalue weighted by atomic mass is 10.00. The van der Waals surface area contributed by atoms with Crippen molar-refractivity contribution in [2.45, 2.75) is 51.9 Å². The predicted molar refractivity (Wildman–Crippen MR) is 175 cm³/mol. The highest BCUT2D eigenvalue weighted by Crippen LogP contribution is 2.32. The Bertz CT molecular complexity index is 1570. The number of carbonyl (C=O) groups excluding carboxylic acids is 1. The van der Waals surface area contributed by atoms with Crippen LogP contribution in [0.3, 0.4) is 0 Å². The topological polar surface area (TPSA) is 99.5 Å². The van der Waals surface area contributed by atoms with E-state index in [-0.39, 0.29) is 11.5 Å². The Hall–Kier alpha value is -3.95. The molecule has 220 valence electrons. The first-order chi connectivity index (χ1) is 20.4. The largest absolute Gasteiger partial charge is 0.369 e. The van der Waals surface area contributed by atoms with Crippen molar-refractivity contribution in [2.75, 3.05) is 30.8 Å². The molecular formula is C33H40N6O2S. The molecule has 0 fully saturated rings. The predicted octanol–water partition coefficient (Wildman–Crippen LogP) is 5.75. The number of nitrogens with one attached hydrogen (secondary N) is 4. The van der Waals surface area contributed by atoms with E-state index >= 15 is 0 Å². The minimum Gasteiger partial charge on any atom is -0.369 e. The van der Waals surface area contributed by atoms with Crippen molar-refractivity contribution >= 4 is 34.8 Å². The van der Waals surface area contributed by atoms with Gasteiger partial charge in [0.15, 0.2) is 0 Å². The molecule has 0 radical (unpaired) electrons. The number of fused-ring (bicyclic) bond motifs is 1. The molecule has 1 amide bonds. The number of anilines is 2. The number of amides is 1. The molecule has 42 heavy (non-hydrogen) atoms. The minimum absolute atomic E-state index is 0.0660. The van der Waals surface area contributed by atoms with E-state index in [9.17, 15) is 9.59 Å². The number of thiophene rings is 1. The standard InChI is InChI=1S/C33H40N6O2S/c1-22-26(11-7-12-27(22)38-32(40)30-20-23-9-5-4-6-13-29(23)42-30)24-19-28(33(41)39(3)21-24)37-25-10-8-16-35-31(15-14-25)36-18-17-34-2/h7,11-12,14-16,19-21,34,36-37H,4-6,8-10,13,17-18H2,1-3H3,(H,38,40)/b25-14+,31-15+,35-16-. The van der Waals surface area contributed by atoms with Crippen molar-refractivity contribution < 1.29 is 4.79 Å². The SMILES string of the molecule is CNCCNC1=C/C=C(/Nc2cc(-c3cccc(NC(=O)c4cc5c(s4)CCCCC5)c3C)cn(C)c2=O)CC/C=N\1. The lowest BCUT2D eigenvalue weighted by Gasteiger charge is -2.16. The zero-order valence-corrected chi connectivity index (χ0v) is 25.5. The Kier molecular flexibility index (Phi) is 9.71. The van der Waals surface area contributed by atoms with Gasteiger partial charge in [-0.05, 0) is 99.5 Å². The highest BCUT2D eigenvalue weighted by atomic mass is 32.1. The third-order valence-electron chi connectivity index (χ3n) is 7.74. The van der Waals surface area contributed by atoms with Crippen molar-refractivity contribution in [1.29, 1.82) is 0 Å². The second kappa shape index (κ2) is 13.8. The smallest absolute Gasteiger partial charge is 0.273 e. The summed E-state index contributed by atoms with van der Waals surface area (Å²) in [7, 11) is 3.68. The average Bonchev–Trinajstić information content (AvgIpc) is 3.25. The second-order valence-corrected chi connectivity index (χ2v) is 12.0. The van der Waals surface area contributed by atoms with E-state index in [4.69, 9.17) is 0 Å². The van der Waals surface area contributed by atoms with Gasteiger partial charge < -0.3 is 25.8 Å². The normalized spacial score (nSPS) is 18.3. The monoisotopic (exact) mass is 584 g/mol. The number of nitrogens with zero attached hydrogens (tertiary/aromatic N) is 2. The van der Waals surface area contributed by atoms with Crippen molar-refractivity contribution in [3.05, 3.63) is 91.4 Å². The molecule has 5 rings (SSSR count). The summed E-state index contributed by atoms with van der Waals surface area (Å²) in [5, 5.41) is 13.0. The molecule has 2 aromatic heterocycles.